The van der Waals surface area contributed by atoms with Gasteiger partial charge in [0.05, 0.1) is 0 Å². The van der Waals surface area contributed by atoms with E-state index in [0.29, 0.717) is 6.42 Å². The number of carbonyl (C=O) groups excluding carboxylic acids is 1. The summed E-state index contributed by atoms with van der Waals surface area (Å²) >= 11 is 0. The fourth-order valence-corrected chi connectivity index (χ4v) is 0.250. The first-order chi connectivity index (χ1) is 3.31. The van der Waals surface area contributed by atoms with Gasteiger partial charge in [0.25, 0.3) is 0 Å². The zero-order valence-electron chi connectivity index (χ0n) is 4.89. The van der Waals surface area contributed by atoms with Gasteiger partial charge in [0, 0.05) is 44.2 Å². The van der Waals surface area contributed by atoms with E-state index in [9.17, 15) is 4.79 Å². The van der Waals surface area contributed by atoms with Crippen LogP contribution in [-0.4, -0.2) is 49.0 Å². The minimum Gasteiger partial charge on any atom is -0.301 e. The molecule has 0 amide bonds. The SMILES string of the molecule is CCCC(=O)OO.[Ca]. The molecule has 0 aliphatic heterocycles. The summed E-state index contributed by atoms with van der Waals surface area (Å²) in [5.74, 6) is -0.567. The van der Waals surface area contributed by atoms with Gasteiger partial charge in [0.2, 0.25) is 0 Å². The van der Waals surface area contributed by atoms with E-state index in [0.717, 1.165) is 0 Å². The van der Waals surface area contributed by atoms with Gasteiger partial charge in [0.15, 0.2) is 0 Å². The minimum absolute atomic E-state index is 0. The maximum atomic E-state index is 9.94. The Kier molecular flexibility index (Phi) is 11.0. The summed E-state index contributed by atoms with van der Waals surface area (Å²) in [6.45, 7) is 1.83. The first kappa shape index (κ1) is 11.5. The average molecular weight is 144 g/mol. The molecule has 0 unspecified atom stereocenters. The van der Waals surface area contributed by atoms with Crippen LogP contribution in [0.2, 0.25) is 0 Å². The molecule has 0 spiro atoms. The van der Waals surface area contributed by atoms with Crippen LogP contribution in [0.1, 0.15) is 19.8 Å². The summed E-state index contributed by atoms with van der Waals surface area (Å²) in [6, 6.07) is 0. The van der Waals surface area contributed by atoms with Gasteiger partial charge in [-0.3, -0.25) is 0 Å². The Morgan fingerprint density at radius 2 is 2.25 bits per heavy atom. The zero-order chi connectivity index (χ0) is 5.70. The largest absolute Gasteiger partial charge is 0.342 e. The molecule has 0 aromatic rings. The van der Waals surface area contributed by atoms with Crippen molar-refractivity contribution in [3.63, 3.8) is 0 Å². The average Bonchev–Trinajstić information content (AvgIpc) is 1.68. The van der Waals surface area contributed by atoms with Crippen LogP contribution < -0.4 is 0 Å². The van der Waals surface area contributed by atoms with Crippen molar-refractivity contribution >= 4 is 43.7 Å². The van der Waals surface area contributed by atoms with E-state index >= 15 is 0 Å². The van der Waals surface area contributed by atoms with E-state index in [-0.39, 0.29) is 44.2 Å². The van der Waals surface area contributed by atoms with Gasteiger partial charge >= 0.3 is 5.97 Å². The molecule has 0 bridgehead atoms. The summed E-state index contributed by atoms with van der Waals surface area (Å²) in [6.07, 6.45) is 0.996. The second kappa shape index (κ2) is 7.69. The first-order valence-corrected chi connectivity index (χ1v) is 2.15. The van der Waals surface area contributed by atoms with Gasteiger partial charge in [-0.2, -0.15) is 5.26 Å². The van der Waals surface area contributed by atoms with Crippen molar-refractivity contribution in [1.82, 2.24) is 0 Å². The Morgan fingerprint density at radius 1 is 1.75 bits per heavy atom. The van der Waals surface area contributed by atoms with Crippen molar-refractivity contribution in [3.8, 4) is 0 Å². The fourth-order valence-electron chi connectivity index (χ4n) is 0.250. The Labute approximate surface area is 77.9 Å². The summed E-state index contributed by atoms with van der Waals surface area (Å²) in [4.78, 5) is 13.3. The van der Waals surface area contributed by atoms with Gasteiger partial charge in [-0.25, -0.2) is 4.79 Å². The molecule has 0 saturated heterocycles. The predicted octanol–water partition coefficient (Wildman–Crippen LogP) is 0.422. The molecular weight excluding hydrogens is 136 g/mol. The van der Waals surface area contributed by atoms with E-state index in [1.165, 1.54) is 0 Å². The standard InChI is InChI=1S/C4H8O3.Ca/c1-2-3-4(5)7-6;/h6H,2-3H2,1H3;. The van der Waals surface area contributed by atoms with Gasteiger partial charge in [0.1, 0.15) is 0 Å². The maximum Gasteiger partial charge on any atom is 0.342 e. The van der Waals surface area contributed by atoms with Gasteiger partial charge in [-0.1, -0.05) is 6.92 Å². The molecule has 0 aromatic carbocycles. The van der Waals surface area contributed by atoms with Crippen molar-refractivity contribution in [3.05, 3.63) is 0 Å². The third-order valence-electron chi connectivity index (χ3n) is 0.556. The molecule has 0 fully saturated rings. The molecule has 0 aliphatic carbocycles. The van der Waals surface area contributed by atoms with Gasteiger partial charge in [-0.15, -0.1) is 0 Å². The van der Waals surface area contributed by atoms with Crippen LogP contribution in [0.25, 0.3) is 0 Å². The van der Waals surface area contributed by atoms with Crippen molar-refractivity contribution in [2.75, 3.05) is 0 Å². The molecule has 1 N–H and O–H groups in total. The number of hydrogen-bond donors (Lipinski definition) is 1. The number of rotatable bonds is 2. The quantitative estimate of drug-likeness (QED) is 0.347. The smallest absolute Gasteiger partial charge is 0.301 e. The van der Waals surface area contributed by atoms with Crippen molar-refractivity contribution in [1.29, 1.82) is 0 Å². The monoisotopic (exact) mass is 144 g/mol. The Bertz CT molecular complexity index is 64.3. The van der Waals surface area contributed by atoms with Crippen LogP contribution in [-0.2, 0) is 9.68 Å². The Balaban J connectivity index is 0. The molecular formula is C4H8CaO3. The molecule has 0 atom stereocenters. The van der Waals surface area contributed by atoms with E-state index in [1.807, 2.05) is 6.92 Å². The van der Waals surface area contributed by atoms with Crippen LogP contribution >= 0.6 is 0 Å². The molecule has 0 rings (SSSR count). The van der Waals surface area contributed by atoms with E-state index < -0.39 is 5.97 Å². The number of hydrogen-bond acceptors (Lipinski definition) is 3. The first-order valence-electron chi connectivity index (χ1n) is 2.15. The molecule has 8 heavy (non-hydrogen) atoms. The summed E-state index contributed by atoms with van der Waals surface area (Å²) in [5, 5.41) is 7.62. The van der Waals surface area contributed by atoms with E-state index in [2.05, 4.69) is 4.89 Å². The third-order valence-corrected chi connectivity index (χ3v) is 0.556. The van der Waals surface area contributed by atoms with Crippen LogP contribution in [0.4, 0.5) is 0 Å². The molecule has 44 valence electrons. The molecule has 0 aromatic heterocycles. The van der Waals surface area contributed by atoms with Crippen LogP contribution in [0.5, 0.6) is 0 Å². The molecule has 0 aliphatic rings. The van der Waals surface area contributed by atoms with Crippen molar-refractivity contribution < 1.29 is 14.9 Å². The predicted molar refractivity (Wildman–Crippen MR) is 29.4 cm³/mol. The summed E-state index contributed by atoms with van der Waals surface area (Å²) in [7, 11) is 0. The Hall–Kier alpha value is 0.690. The normalized spacial score (nSPS) is 7.25. The second-order valence-electron chi connectivity index (χ2n) is 1.21. The zero-order valence-corrected chi connectivity index (χ0v) is 7.09. The van der Waals surface area contributed by atoms with E-state index in [1.54, 1.807) is 0 Å². The van der Waals surface area contributed by atoms with Gasteiger partial charge < -0.3 is 4.89 Å². The van der Waals surface area contributed by atoms with Crippen molar-refractivity contribution in [2.45, 2.75) is 19.8 Å². The number of carbonyl (C=O) groups is 1. The fraction of sp³-hybridized carbons (Fsp3) is 0.750. The summed E-state index contributed by atoms with van der Waals surface area (Å²) < 4.78 is 0. The Morgan fingerprint density at radius 3 is 2.38 bits per heavy atom. The molecule has 3 nitrogen and oxygen atoms in total. The van der Waals surface area contributed by atoms with Crippen LogP contribution in [0.3, 0.4) is 0 Å². The second-order valence-corrected chi connectivity index (χ2v) is 1.21. The molecule has 4 heteroatoms. The maximum absolute atomic E-state index is 9.94. The minimum atomic E-state index is -0.567. The van der Waals surface area contributed by atoms with Gasteiger partial charge in [-0.05, 0) is 6.42 Å². The topological polar surface area (TPSA) is 46.5 Å². The van der Waals surface area contributed by atoms with E-state index in [4.69, 9.17) is 5.26 Å². The molecule has 0 saturated carbocycles. The summed E-state index contributed by atoms with van der Waals surface area (Å²) in [5.41, 5.74) is 0. The van der Waals surface area contributed by atoms with Crippen LogP contribution in [0, 0.1) is 0 Å². The third kappa shape index (κ3) is 6.69. The van der Waals surface area contributed by atoms with Crippen molar-refractivity contribution in [2.24, 2.45) is 0 Å². The van der Waals surface area contributed by atoms with Crippen LogP contribution in [0.15, 0.2) is 0 Å². The molecule has 0 heterocycles. The molecule has 2 radical (unpaired) electrons.